The van der Waals surface area contributed by atoms with E-state index >= 15 is 0 Å². The van der Waals surface area contributed by atoms with Gasteiger partial charge in [0.1, 0.15) is 5.60 Å². The zero-order valence-electron chi connectivity index (χ0n) is 24.4. The van der Waals surface area contributed by atoms with E-state index in [9.17, 15) is 14.4 Å². The molecule has 4 aromatic heterocycles. The van der Waals surface area contributed by atoms with Crippen molar-refractivity contribution in [3.05, 3.63) is 60.4 Å². The molecule has 0 atom stereocenters. The van der Waals surface area contributed by atoms with Gasteiger partial charge in [-0.05, 0) is 65.8 Å². The van der Waals surface area contributed by atoms with Gasteiger partial charge in [-0.15, -0.1) is 0 Å². The van der Waals surface area contributed by atoms with Crippen molar-refractivity contribution < 1.29 is 24.0 Å². The molecule has 5 heterocycles. The number of piperazine rings is 1. The maximum atomic E-state index is 13.3. The smallest absolute Gasteiger partial charge is 0.419 e. The van der Waals surface area contributed by atoms with Gasteiger partial charge in [0.05, 0.1) is 35.2 Å². The first kappa shape index (κ1) is 28.3. The second kappa shape index (κ2) is 10.6. The molecule has 1 aliphatic rings. The van der Waals surface area contributed by atoms with Gasteiger partial charge in [0, 0.05) is 60.9 Å². The normalized spacial score (nSPS) is 15.1. The van der Waals surface area contributed by atoms with E-state index in [2.05, 4.69) is 9.97 Å². The van der Waals surface area contributed by atoms with Gasteiger partial charge in [0.15, 0.2) is 0 Å². The van der Waals surface area contributed by atoms with Gasteiger partial charge in [0.2, 0.25) is 5.91 Å². The lowest BCUT2D eigenvalue weighted by Crippen LogP contribution is -2.50. The minimum absolute atomic E-state index is 0.0603. The molecule has 1 saturated heterocycles. The summed E-state index contributed by atoms with van der Waals surface area (Å²) >= 11 is 0. The van der Waals surface area contributed by atoms with Gasteiger partial charge in [0.25, 0.3) is 0 Å². The lowest BCUT2D eigenvalue weighted by atomic mass is 9.98. The first-order valence-electron chi connectivity index (χ1n) is 13.6. The van der Waals surface area contributed by atoms with E-state index in [1.807, 2.05) is 37.8 Å². The molecule has 0 aliphatic carbocycles. The van der Waals surface area contributed by atoms with Crippen LogP contribution in [0.2, 0.25) is 0 Å². The molecular formula is C30H36N6O5. The van der Waals surface area contributed by atoms with Gasteiger partial charge in [-0.1, -0.05) is 0 Å². The lowest BCUT2D eigenvalue weighted by molar-refractivity contribution is -0.153. The Balaban J connectivity index is 1.33. The Morgan fingerprint density at radius 3 is 2.15 bits per heavy atom. The van der Waals surface area contributed by atoms with Crippen molar-refractivity contribution in [2.45, 2.75) is 60.2 Å². The van der Waals surface area contributed by atoms with E-state index in [0.29, 0.717) is 36.4 Å². The summed E-state index contributed by atoms with van der Waals surface area (Å²) in [6.07, 6.45) is 6.24. The Hall–Kier alpha value is -4.25. The molecule has 1 fully saturated rings. The number of ether oxygens (including phenoxy) is 1. The molecule has 0 aromatic carbocycles. The molecule has 216 valence electrons. The monoisotopic (exact) mass is 560 g/mol. The van der Waals surface area contributed by atoms with Crippen LogP contribution in [0.3, 0.4) is 0 Å². The van der Waals surface area contributed by atoms with E-state index in [0.717, 1.165) is 16.5 Å². The van der Waals surface area contributed by atoms with Crippen LogP contribution in [0.25, 0.3) is 21.8 Å². The maximum Gasteiger partial charge on any atom is 0.419 e. The highest BCUT2D eigenvalue weighted by Gasteiger charge is 2.30. The first-order valence-corrected chi connectivity index (χ1v) is 13.6. The fourth-order valence-electron chi connectivity index (χ4n) is 4.76. The maximum absolute atomic E-state index is 13.3. The Kier molecular flexibility index (Phi) is 7.33. The lowest BCUT2D eigenvalue weighted by Gasteiger charge is -2.34. The van der Waals surface area contributed by atoms with Crippen LogP contribution in [0.15, 0.2) is 49.1 Å². The highest BCUT2D eigenvalue weighted by atomic mass is 16.7. The highest BCUT2D eigenvalue weighted by Crippen LogP contribution is 2.25. The third-order valence-corrected chi connectivity index (χ3v) is 6.81. The second-order valence-electron chi connectivity index (χ2n) is 12.4. The van der Waals surface area contributed by atoms with Crippen LogP contribution in [0.1, 0.15) is 52.9 Å². The second-order valence-corrected chi connectivity index (χ2v) is 12.4. The van der Waals surface area contributed by atoms with Gasteiger partial charge in [-0.2, -0.15) is 4.73 Å². The van der Waals surface area contributed by atoms with Crippen molar-refractivity contribution in [1.82, 2.24) is 29.1 Å². The molecule has 11 nitrogen and oxygen atoms in total. The molecule has 0 spiro atoms. The molecule has 0 radical (unpaired) electrons. The minimum atomic E-state index is -0.694. The Bertz CT molecular complexity index is 1620. The van der Waals surface area contributed by atoms with Crippen LogP contribution in [0.5, 0.6) is 0 Å². The quantitative estimate of drug-likeness (QED) is 0.360. The molecule has 5 rings (SSSR count). The zero-order valence-corrected chi connectivity index (χ0v) is 24.4. The highest BCUT2D eigenvalue weighted by molar-refractivity contribution is 5.90. The van der Waals surface area contributed by atoms with Crippen LogP contribution in [0.4, 0.5) is 4.79 Å². The zero-order chi connectivity index (χ0) is 29.5. The predicted molar refractivity (Wildman–Crippen MR) is 153 cm³/mol. The standard InChI is InChI=1S/C30H36N6O5/c1-29(2,3)27(38)41-36-23(14-21-16-32-10-8-25(21)36)18-34-12-11-33(19-26(34)37)17-22-13-20-15-31-9-7-24(20)35(22)28(39)40-30(4,5)6/h7-10,13-16H,11-12,17-19H2,1-6H3. The minimum Gasteiger partial charge on any atom is -0.443 e. The number of nitrogens with zero attached hydrogens (tertiary/aromatic N) is 6. The third kappa shape index (κ3) is 6.09. The molecule has 4 aromatic rings. The molecule has 41 heavy (non-hydrogen) atoms. The molecule has 1 amide bonds. The number of aromatic nitrogens is 4. The fourth-order valence-corrected chi connectivity index (χ4v) is 4.76. The van der Waals surface area contributed by atoms with E-state index in [4.69, 9.17) is 9.57 Å². The van der Waals surface area contributed by atoms with Crippen LogP contribution >= 0.6 is 0 Å². The van der Waals surface area contributed by atoms with Gasteiger partial charge < -0.3 is 14.5 Å². The Morgan fingerprint density at radius 1 is 0.878 bits per heavy atom. The van der Waals surface area contributed by atoms with Gasteiger partial charge >= 0.3 is 12.1 Å². The number of pyridine rings is 2. The molecule has 1 aliphatic heterocycles. The average molecular weight is 561 g/mol. The van der Waals surface area contributed by atoms with Gasteiger partial charge in [-0.3, -0.25) is 19.7 Å². The summed E-state index contributed by atoms with van der Waals surface area (Å²) in [5.74, 6) is -0.435. The average Bonchev–Trinajstić information content (AvgIpc) is 3.41. The summed E-state index contributed by atoms with van der Waals surface area (Å²) in [5.41, 5.74) is 1.49. The summed E-state index contributed by atoms with van der Waals surface area (Å²) in [6.45, 7) is 12.8. The van der Waals surface area contributed by atoms with E-state index < -0.39 is 17.1 Å². The molecule has 0 saturated carbocycles. The van der Waals surface area contributed by atoms with Crippen molar-refractivity contribution in [2.24, 2.45) is 5.41 Å². The van der Waals surface area contributed by atoms with Crippen molar-refractivity contribution >= 4 is 39.8 Å². The Labute approximate surface area is 238 Å². The van der Waals surface area contributed by atoms with Gasteiger partial charge in [-0.25, -0.2) is 14.2 Å². The summed E-state index contributed by atoms with van der Waals surface area (Å²) in [4.78, 5) is 57.1. The number of hydrogen-bond donors (Lipinski definition) is 0. The Morgan fingerprint density at radius 2 is 1.51 bits per heavy atom. The first-order chi connectivity index (χ1) is 19.3. The van der Waals surface area contributed by atoms with E-state index in [-0.39, 0.29) is 25.0 Å². The number of fused-ring (bicyclic) bond motifs is 2. The molecule has 11 heteroatoms. The number of hydrogen-bond acceptors (Lipinski definition) is 8. The SMILES string of the molecule is CC(C)(C)OC(=O)n1c(CN2CCN(Cc3cc4cnccc4n3OC(=O)C(C)(C)C)C(=O)C2)cc2cnccc21. The molecule has 0 bridgehead atoms. The fraction of sp³-hybridized carbons (Fsp3) is 0.433. The third-order valence-electron chi connectivity index (χ3n) is 6.81. The topological polar surface area (TPSA) is 112 Å². The van der Waals surface area contributed by atoms with Crippen molar-refractivity contribution in [2.75, 3.05) is 19.6 Å². The predicted octanol–water partition coefficient (Wildman–Crippen LogP) is 4.01. The van der Waals surface area contributed by atoms with E-state index in [1.165, 1.54) is 4.73 Å². The summed E-state index contributed by atoms with van der Waals surface area (Å²) in [6, 6.07) is 7.38. The molecular weight excluding hydrogens is 524 g/mol. The number of amides is 1. The van der Waals surface area contributed by atoms with Crippen LogP contribution < -0.4 is 4.84 Å². The molecule has 0 unspecified atom stereocenters. The summed E-state index contributed by atoms with van der Waals surface area (Å²) in [5, 5.41) is 1.64. The number of rotatable bonds is 5. The van der Waals surface area contributed by atoms with Crippen LogP contribution in [-0.2, 0) is 27.4 Å². The van der Waals surface area contributed by atoms with Crippen LogP contribution in [0, 0.1) is 5.41 Å². The summed E-state index contributed by atoms with van der Waals surface area (Å²) in [7, 11) is 0. The summed E-state index contributed by atoms with van der Waals surface area (Å²) < 4.78 is 8.75. The van der Waals surface area contributed by atoms with E-state index in [1.54, 1.807) is 67.2 Å². The van der Waals surface area contributed by atoms with Crippen molar-refractivity contribution in [1.29, 1.82) is 0 Å². The number of carbonyl (C=O) groups excluding carboxylic acids is 3. The largest absolute Gasteiger partial charge is 0.443 e. The van der Waals surface area contributed by atoms with Crippen molar-refractivity contribution in [3.8, 4) is 0 Å². The molecule has 0 N–H and O–H groups in total. The van der Waals surface area contributed by atoms with Crippen LogP contribution in [-0.4, -0.2) is 72.3 Å². The van der Waals surface area contributed by atoms with Crippen molar-refractivity contribution in [3.63, 3.8) is 0 Å². The number of carbonyl (C=O) groups is 3.